The molecule has 1 aliphatic carbocycles. The maximum Gasteiger partial charge on any atom is 0.254 e. The number of aromatic nitrogens is 1. The number of benzene rings is 2. The van der Waals surface area contributed by atoms with Gasteiger partial charge in [0.15, 0.2) is 0 Å². The SMILES string of the molecule is N[C@@H]1c2ccccc2C2(CCN(C(=O)c3cccc4ncccc34)CC2)[C@H]1O. The van der Waals surface area contributed by atoms with Crippen molar-refractivity contribution in [2.24, 2.45) is 5.73 Å². The highest BCUT2D eigenvalue weighted by Crippen LogP contribution is 2.50. The Hall–Kier alpha value is -2.76. The standard InChI is InChI=1S/C23H23N3O2/c24-20-17-5-1-2-8-18(17)23(21(20)27)10-13-26(14-11-23)22(28)16-6-3-9-19-15(16)7-4-12-25-19/h1-9,12,20-21,27H,10-11,13-14,24H2/t20-,21+/m1/s1. The van der Waals surface area contributed by atoms with Crippen molar-refractivity contribution >= 4 is 16.8 Å². The van der Waals surface area contributed by atoms with Crippen LogP contribution in [0.5, 0.6) is 0 Å². The Balaban J connectivity index is 1.43. The smallest absolute Gasteiger partial charge is 0.254 e. The lowest BCUT2D eigenvalue weighted by Crippen LogP contribution is -2.50. The van der Waals surface area contributed by atoms with E-state index >= 15 is 0 Å². The minimum atomic E-state index is -0.607. The molecule has 28 heavy (non-hydrogen) atoms. The number of fused-ring (bicyclic) bond motifs is 3. The summed E-state index contributed by atoms with van der Waals surface area (Å²) in [7, 11) is 0. The fourth-order valence-electron chi connectivity index (χ4n) is 5.05. The number of likely N-dealkylation sites (tertiary alicyclic amines) is 1. The minimum absolute atomic E-state index is 0.0264. The van der Waals surface area contributed by atoms with Crippen molar-refractivity contribution in [2.45, 2.75) is 30.4 Å². The summed E-state index contributed by atoms with van der Waals surface area (Å²) in [6.45, 7) is 1.21. The number of carbonyl (C=O) groups excluding carboxylic acids is 1. The first kappa shape index (κ1) is 17.3. The van der Waals surface area contributed by atoms with E-state index in [0.717, 1.165) is 22.0 Å². The zero-order valence-electron chi connectivity index (χ0n) is 15.6. The van der Waals surface area contributed by atoms with Gasteiger partial charge in [-0.2, -0.15) is 0 Å². The molecule has 0 bridgehead atoms. The molecule has 1 saturated heterocycles. The zero-order chi connectivity index (χ0) is 19.3. The second-order valence-corrected chi connectivity index (χ2v) is 7.88. The van der Waals surface area contributed by atoms with E-state index in [1.165, 1.54) is 0 Å². The van der Waals surface area contributed by atoms with Crippen molar-refractivity contribution in [3.05, 3.63) is 77.5 Å². The van der Waals surface area contributed by atoms with Crippen LogP contribution in [0, 0.1) is 0 Å². The van der Waals surface area contributed by atoms with Gasteiger partial charge >= 0.3 is 0 Å². The molecule has 2 heterocycles. The van der Waals surface area contributed by atoms with Crippen LogP contribution in [0.3, 0.4) is 0 Å². The minimum Gasteiger partial charge on any atom is -0.390 e. The van der Waals surface area contributed by atoms with Crippen LogP contribution in [0.1, 0.15) is 40.4 Å². The lowest BCUT2D eigenvalue weighted by atomic mass is 9.72. The molecule has 1 aliphatic heterocycles. The molecule has 142 valence electrons. The highest BCUT2D eigenvalue weighted by molar-refractivity contribution is 6.06. The van der Waals surface area contributed by atoms with Crippen LogP contribution in [-0.2, 0) is 5.41 Å². The number of nitrogens with zero attached hydrogens (tertiary/aromatic N) is 2. The molecule has 5 heteroatoms. The Labute approximate surface area is 163 Å². The van der Waals surface area contributed by atoms with Crippen molar-refractivity contribution < 1.29 is 9.90 Å². The van der Waals surface area contributed by atoms with Crippen molar-refractivity contribution in [1.82, 2.24) is 9.88 Å². The highest BCUT2D eigenvalue weighted by Gasteiger charge is 2.51. The van der Waals surface area contributed by atoms with Gasteiger partial charge in [-0.25, -0.2) is 0 Å². The van der Waals surface area contributed by atoms with Gasteiger partial charge in [0.05, 0.1) is 17.7 Å². The van der Waals surface area contributed by atoms with Crippen LogP contribution in [0.2, 0.25) is 0 Å². The molecule has 1 fully saturated rings. The van der Waals surface area contributed by atoms with E-state index in [9.17, 15) is 9.90 Å². The molecule has 2 atom stereocenters. The molecule has 5 rings (SSSR count). The predicted octanol–water partition coefficient (Wildman–Crippen LogP) is 2.78. The maximum absolute atomic E-state index is 13.2. The summed E-state index contributed by atoms with van der Waals surface area (Å²) in [6.07, 6.45) is 2.56. The molecule has 3 N–H and O–H groups in total. The van der Waals surface area contributed by atoms with Crippen LogP contribution in [-0.4, -0.2) is 40.1 Å². The molecule has 1 spiro atoms. The van der Waals surface area contributed by atoms with E-state index in [-0.39, 0.29) is 17.4 Å². The maximum atomic E-state index is 13.2. The second-order valence-electron chi connectivity index (χ2n) is 7.88. The predicted molar refractivity (Wildman–Crippen MR) is 108 cm³/mol. The largest absolute Gasteiger partial charge is 0.390 e. The quantitative estimate of drug-likeness (QED) is 0.687. The Morgan fingerprint density at radius 2 is 1.86 bits per heavy atom. The molecule has 0 saturated carbocycles. The molecule has 0 unspecified atom stereocenters. The van der Waals surface area contributed by atoms with Crippen molar-refractivity contribution in [3.63, 3.8) is 0 Å². The van der Waals surface area contributed by atoms with E-state index in [2.05, 4.69) is 11.1 Å². The number of rotatable bonds is 1. The average molecular weight is 373 g/mol. The number of nitrogens with two attached hydrogens (primary N) is 1. The summed E-state index contributed by atoms with van der Waals surface area (Å²) in [5.74, 6) is 0.0264. The molecular formula is C23H23N3O2. The topological polar surface area (TPSA) is 79.5 Å². The Morgan fingerprint density at radius 1 is 1.07 bits per heavy atom. The molecule has 0 radical (unpaired) electrons. The third kappa shape index (κ3) is 2.40. The van der Waals surface area contributed by atoms with Crippen LogP contribution < -0.4 is 5.73 Å². The van der Waals surface area contributed by atoms with Gasteiger partial charge in [-0.15, -0.1) is 0 Å². The van der Waals surface area contributed by atoms with Crippen LogP contribution >= 0.6 is 0 Å². The summed E-state index contributed by atoms with van der Waals surface area (Å²) < 4.78 is 0. The average Bonchev–Trinajstić information content (AvgIpc) is 2.96. The van der Waals surface area contributed by atoms with Gasteiger partial charge in [0.25, 0.3) is 5.91 Å². The lowest BCUT2D eigenvalue weighted by Gasteiger charge is -2.42. The Morgan fingerprint density at radius 3 is 2.68 bits per heavy atom. The summed E-state index contributed by atoms with van der Waals surface area (Å²) >= 11 is 0. The summed E-state index contributed by atoms with van der Waals surface area (Å²) in [5.41, 5.74) is 9.65. The number of hydrogen-bond acceptors (Lipinski definition) is 4. The molecule has 3 aromatic rings. The van der Waals surface area contributed by atoms with Crippen LogP contribution in [0.15, 0.2) is 60.8 Å². The van der Waals surface area contributed by atoms with Crippen molar-refractivity contribution in [1.29, 1.82) is 0 Å². The van der Waals surface area contributed by atoms with Gasteiger partial charge in [0.1, 0.15) is 0 Å². The van der Waals surface area contributed by atoms with E-state index in [1.54, 1.807) is 6.20 Å². The fourth-order valence-corrected chi connectivity index (χ4v) is 5.05. The highest BCUT2D eigenvalue weighted by atomic mass is 16.3. The van der Waals surface area contributed by atoms with Gasteiger partial charge in [-0.05, 0) is 42.2 Å². The van der Waals surface area contributed by atoms with Gasteiger partial charge < -0.3 is 15.7 Å². The third-order valence-corrected chi connectivity index (χ3v) is 6.58. The monoisotopic (exact) mass is 373 g/mol. The first-order valence-corrected chi connectivity index (χ1v) is 9.78. The molecule has 2 aliphatic rings. The number of piperidine rings is 1. The number of hydrogen-bond donors (Lipinski definition) is 2. The van der Waals surface area contributed by atoms with Crippen molar-refractivity contribution in [3.8, 4) is 0 Å². The Bertz CT molecular complexity index is 1050. The summed E-state index contributed by atoms with van der Waals surface area (Å²) in [5, 5.41) is 11.8. The van der Waals surface area contributed by atoms with Crippen LogP contribution in [0.25, 0.3) is 10.9 Å². The first-order chi connectivity index (χ1) is 13.6. The Kier molecular flexibility index (Phi) is 3.96. The lowest BCUT2D eigenvalue weighted by molar-refractivity contribution is 0.0263. The van der Waals surface area contributed by atoms with E-state index in [4.69, 9.17) is 5.73 Å². The van der Waals surface area contributed by atoms with Gasteiger partial charge in [0.2, 0.25) is 0 Å². The number of carbonyl (C=O) groups is 1. The first-order valence-electron chi connectivity index (χ1n) is 9.78. The molecule has 2 aromatic carbocycles. The van der Waals surface area contributed by atoms with Gasteiger partial charge in [-0.3, -0.25) is 9.78 Å². The summed E-state index contributed by atoms with van der Waals surface area (Å²) in [6, 6.07) is 17.2. The number of pyridine rings is 1. The third-order valence-electron chi connectivity index (χ3n) is 6.58. The fraction of sp³-hybridized carbons (Fsp3) is 0.304. The van der Waals surface area contributed by atoms with E-state index in [0.29, 0.717) is 31.5 Å². The zero-order valence-corrected chi connectivity index (χ0v) is 15.6. The van der Waals surface area contributed by atoms with Gasteiger partial charge in [0, 0.05) is 35.7 Å². The molecule has 1 amide bonds. The second kappa shape index (κ2) is 6.40. The van der Waals surface area contributed by atoms with E-state index < -0.39 is 6.10 Å². The normalized spacial score (nSPS) is 23.1. The number of aliphatic hydroxyl groups is 1. The number of aliphatic hydroxyl groups excluding tert-OH is 1. The number of amides is 1. The van der Waals surface area contributed by atoms with Crippen LogP contribution in [0.4, 0.5) is 0 Å². The summed E-state index contributed by atoms with van der Waals surface area (Å²) in [4.78, 5) is 19.5. The molecular weight excluding hydrogens is 350 g/mol. The van der Waals surface area contributed by atoms with Crippen molar-refractivity contribution in [2.75, 3.05) is 13.1 Å². The van der Waals surface area contributed by atoms with Gasteiger partial charge in [-0.1, -0.05) is 36.4 Å². The molecule has 5 nitrogen and oxygen atoms in total. The molecule has 1 aromatic heterocycles. The van der Waals surface area contributed by atoms with E-state index in [1.807, 2.05) is 53.4 Å².